The quantitative estimate of drug-likeness (QED) is 0.532. The summed E-state index contributed by atoms with van der Waals surface area (Å²) in [5.41, 5.74) is 1.65. The fourth-order valence-corrected chi connectivity index (χ4v) is 2.12. The SMILES string of the molecule is COC(=O)C(NCc1ccc(OCO)cc1)c1ccc(O)cc1. The molecule has 0 aromatic heterocycles. The summed E-state index contributed by atoms with van der Waals surface area (Å²) in [6.45, 7) is 0.0723. The number of aliphatic hydroxyl groups excluding tert-OH is 1. The number of hydrogen-bond acceptors (Lipinski definition) is 6. The van der Waals surface area contributed by atoms with E-state index >= 15 is 0 Å². The molecule has 1 unspecified atom stereocenters. The minimum atomic E-state index is -0.631. The average molecular weight is 317 g/mol. The highest BCUT2D eigenvalue weighted by atomic mass is 16.6. The Labute approximate surface area is 134 Å². The molecule has 0 aliphatic heterocycles. The minimum absolute atomic E-state index is 0.136. The third kappa shape index (κ3) is 4.70. The van der Waals surface area contributed by atoms with Gasteiger partial charge in [-0.25, -0.2) is 4.79 Å². The molecule has 0 heterocycles. The lowest BCUT2D eigenvalue weighted by atomic mass is 10.1. The predicted molar refractivity (Wildman–Crippen MR) is 83.9 cm³/mol. The number of ether oxygens (including phenoxy) is 2. The van der Waals surface area contributed by atoms with Crippen molar-refractivity contribution in [3.05, 3.63) is 59.7 Å². The Balaban J connectivity index is 2.06. The molecule has 2 aromatic rings. The number of esters is 1. The molecule has 23 heavy (non-hydrogen) atoms. The van der Waals surface area contributed by atoms with Gasteiger partial charge in [0.25, 0.3) is 0 Å². The summed E-state index contributed by atoms with van der Waals surface area (Å²) in [5.74, 6) is 0.298. The molecule has 1 atom stereocenters. The molecule has 122 valence electrons. The van der Waals surface area contributed by atoms with Gasteiger partial charge in [-0.15, -0.1) is 0 Å². The Bertz CT molecular complexity index is 624. The van der Waals surface area contributed by atoms with Crippen LogP contribution in [0.5, 0.6) is 11.5 Å². The van der Waals surface area contributed by atoms with E-state index in [1.165, 1.54) is 19.2 Å². The third-order valence-electron chi connectivity index (χ3n) is 3.33. The Morgan fingerprint density at radius 3 is 2.35 bits per heavy atom. The van der Waals surface area contributed by atoms with Crippen LogP contribution in [0, 0.1) is 0 Å². The maximum absolute atomic E-state index is 12.0. The van der Waals surface area contributed by atoms with Crippen molar-refractivity contribution in [2.24, 2.45) is 0 Å². The van der Waals surface area contributed by atoms with Crippen molar-refractivity contribution in [1.82, 2.24) is 5.32 Å². The van der Waals surface area contributed by atoms with E-state index in [1.807, 2.05) is 12.1 Å². The second-order valence-electron chi connectivity index (χ2n) is 4.85. The maximum atomic E-state index is 12.0. The molecule has 6 heteroatoms. The lowest BCUT2D eigenvalue weighted by molar-refractivity contribution is -0.143. The number of hydrogen-bond donors (Lipinski definition) is 3. The van der Waals surface area contributed by atoms with Gasteiger partial charge in [0.1, 0.15) is 17.5 Å². The molecule has 0 radical (unpaired) electrons. The maximum Gasteiger partial charge on any atom is 0.327 e. The fraction of sp³-hybridized carbons (Fsp3) is 0.235. The van der Waals surface area contributed by atoms with Gasteiger partial charge in [-0.2, -0.15) is 0 Å². The number of carbonyl (C=O) groups excluding carboxylic acids is 1. The van der Waals surface area contributed by atoms with E-state index in [9.17, 15) is 9.90 Å². The summed E-state index contributed by atoms with van der Waals surface area (Å²) < 4.78 is 9.78. The molecule has 2 aromatic carbocycles. The van der Waals surface area contributed by atoms with Gasteiger partial charge in [0.2, 0.25) is 0 Å². The van der Waals surface area contributed by atoms with Crippen LogP contribution >= 0.6 is 0 Å². The predicted octanol–water partition coefficient (Wildman–Crippen LogP) is 1.72. The van der Waals surface area contributed by atoms with Crippen LogP contribution in [0.4, 0.5) is 0 Å². The van der Waals surface area contributed by atoms with E-state index in [1.54, 1.807) is 24.3 Å². The summed E-state index contributed by atoms with van der Waals surface area (Å²) in [5, 5.41) is 21.2. The molecule has 0 saturated heterocycles. The first-order valence-corrected chi connectivity index (χ1v) is 7.06. The number of rotatable bonds is 7. The first-order valence-electron chi connectivity index (χ1n) is 7.06. The lowest BCUT2D eigenvalue weighted by Gasteiger charge is -2.17. The molecular weight excluding hydrogens is 298 g/mol. The number of aromatic hydroxyl groups is 1. The van der Waals surface area contributed by atoms with Crippen LogP contribution in [0.1, 0.15) is 17.2 Å². The molecular formula is C17H19NO5. The molecule has 2 rings (SSSR count). The summed E-state index contributed by atoms with van der Waals surface area (Å²) in [4.78, 5) is 12.0. The van der Waals surface area contributed by atoms with Gasteiger partial charge in [0.15, 0.2) is 6.79 Å². The minimum Gasteiger partial charge on any atom is -0.508 e. The van der Waals surface area contributed by atoms with Crippen LogP contribution in [0.25, 0.3) is 0 Å². The van der Waals surface area contributed by atoms with E-state index in [0.29, 0.717) is 17.9 Å². The number of nitrogens with one attached hydrogen (secondary N) is 1. The van der Waals surface area contributed by atoms with Crippen molar-refractivity contribution in [1.29, 1.82) is 0 Å². The summed E-state index contributed by atoms with van der Waals surface area (Å²) in [6.07, 6.45) is 0. The largest absolute Gasteiger partial charge is 0.508 e. The van der Waals surface area contributed by atoms with Crippen molar-refractivity contribution >= 4 is 5.97 Å². The first-order chi connectivity index (χ1) is 11.1. The number of aliphatic hydroxyl groups is 1. The van der Waals surface area contributed by atoms with Crippen molar-refractivity contribution in [2.45, 2.75) is 12.6 Å². The van der Waals surface area contributed by atoms with Crippen molar-refractivity contribution in [2.75, 3.05) is 13.9 Å². The Hall–Kier alpha value is -2.57. The van der Waals surface area contributed by atoms with Crippen LogP contribution in [0.15, 0.2) is 48.5 Å². The molecule has 0 saturated carbocycles. The zero-order chi connectivity index (χ0) is 16.7. The number of phenolic OH excluding ortho intramolecular Hbond substituents is 1. The van der Waals surface area contributed by atoms with E-state index in [0.717, 1.165) is 5.56 Å². The second-order valence-corrected chi connectivity index (χ2v) is 4.85. The van der Waals surface area contributed by atoms with Crippen LogP contribution in [-0.4, -0.2) is 30.1 Å². The summed E-state index contributed by atoms with van der Waals surface area (Å²) in [7, 11) is 1.33. The second kappa shape index (κ2) is 8.17. The van der Waals surface area contributed by atoms with E-state index < -0.39 is 12.0 Å². The number of carbonyl (C=O) groups is 1. The Morgan fingerprint density at radius 2 is 1.78 bits per heavy atom. The van der Waals surface area contributed by atoms with E-state index in [-0.39, 0.29) is 12.5 Å². The normalized spacial score (nSPS) is 11.7. The highest BCUT2D eigenvalue weighted by Gasteiger charge is 2.20. The van der Waals surface area contributed by atoms with Gasteiger partial charge < -0.3 is 19.7 Å². The van der Waals surface area contributed by atoms with Gasteiger partial charge >= 0.3 is 5.97 Å². The standard InChI is InChI=1S/C17H19NO5/c1-22-17(21)16(13-4-6-14(20)7-5-13)18-10-12-2-8-15(9-3-12)23-11-19/h2-9,16,18-20H,10-11H2,1H3. The molecule has 0 spiro atoms. The molecule has 0 bridgehead atoms. The van der Waals surface area contributed by atoms with Crippen molar-refractivity contribution < 1.29 is 24.5 Å². The first kappa shape index (κ1) is 16.8. The monoisotopic (exact) mass is 317 g/mol. The van der Waals surface area contributed by atoms with Crippen molar-refractivity contribution in [3.63, 3.8) is 0 Å². The fourth-order valence-electron chi connectivity index (χ4n) is 2.12. The smallest absolute Gasteiger partial charge is 0.327 e. The lowest BCUT2D eigenvalue weighted by Crippen LogP contribution is -2.29. The van der Waals surface area contributed by atoms with Crippen LogP contribution in [0.2, 0.25) is 0 Å². The van der Waals surface area contributed by atoms with Gasteiger partial charge in [0.05, 0.1) is 7.11 Å². The Kier molecular flexibility index (Phi) is 5.96. The van der Waals surface area contributed by atoms with Gasteiger partial charge in [-0.1, -0.05) is 24.3 Å². The zero-order valence-corrected chi connectivity index (χ0v) is 12.7. The van der Waals surface area contributed by atoms with E-state index in [2.05, 4.69) is 5.32 Å². The molecule has 0 amide bonds. The summed E-state index contributed by atoms with van der Waals surface area (Å²) >= 11 is 0. The molecule has 6 nitrogen and oxygen atoms in total. The number of phenols is 1. The van der Waals surface area contributed by atoms with Gasteiger partial charge in [-0.3, -0.25) is 5.32 Å². The third-order valence-corrected chi connectivity index (χ3v) is 3.33. The van der Waals surface area contributed by atoms with Crippen molar-refractivity contribution in [3.8, 4) is 11.5 Å². The average Bonchev–Trinajstić information content (AvgIpc) is 2.58. The zero-order valence-electron chi connectivity index (χ0n) is 12.7. The highest BCUT2D eigenvalue weighted by Crippen LogP contribution is 2.19. The van der Waals surface area contributed by atoms with Crippen LogP contribution in [-0.2, 0) is 16.1 Å². The molecule has 0 aliphatic carbocycles. The number of benzene rings is 2. The highest BCUT2D eigenvalue weighted by molar-refractivity contribution is 5.77. The topological polar surface area (TPSA) is 88.0 Å². The Morgan fingerprint density at radius 1 is 1.13 bits per heavy atom. The van der Waals surface area contributed by atoms with Crippen LogP contribution in [0.3, 0.4) is 0 Å². The molecule has 0 fully saturated rings. The molecule has 3 N–H and O–H groups in total. The van der Waals surface area contributed by atoms with Crippen LogP contribution < -0.4 is 10.1 Å². The van der Waals surface area contributed by atoms with Gasteiger partial charge in [-0.05, 0) is 35.4 Å². The summed E-state index contributed by atoms with van der Waals surface area (Å²) in [6, 6.07) is 12.9. The van der Waals surface area contributed by atoms with Gasteiger partial charge in [0, 0.05) is 6.54 Å². The number of methoxy groups -OCH3 is 1. The molecule has 0 aliphatic rings. The van der Waals surface area contributed by atoms with E-state index in [4.69, 9.17) is 14.6 Å².